The van der Waals surface area contributed by atoms with Crippen LogP contribution in [0, 0.1) is 0 Å². The van der Waals surface area contributed by atoms with E-state index in [9.17, 15) is 16.8 Å². The molecule has 0 saturated heterocycles. The summed E-state index contributed by atoms with van der Waals surface area (Å²) < 4.78 is 57.9. The van der Waals surface area contributed by atoms with Crippen molar-refractivity contribution in [2.75, 3.05) is 42.9 Å². The number of hydrazone groups is 2. The van der Waals surface area contributed by atoms with Crippen LogP contribution in [-0.4, -0.2) is 65.0 Å². The molecule has 0 amide bonds. The molecule has 1 aromatic heterocycles. The molecule has 13 nitrogen and oxygen atoms in total. The maximum absolute atomic E-state index is 11.8. The van der Waals surface area contributed by atoms with Gasteiger partial charge < -0.3 is 14.8 Å². The number of methoxy groups -OCH3 is 2. The predicted octanol–water partition coefficient (Wildman–Crippen LogP) is 4.72. The van der Waals surface area contributed by atoms with E-state index < -0.39 is 19.7 Å². The van der Waals surface area contributed by atoms with Crippen LogP contribution in [0.2, 0.25) is 0 Å². The zero-order chi connectivity index (χ0) is 32.8. The van der Waals surface area contributed by atoms with Crippen LogP contribution >= 0.6 is 0 Å². The predicted molar refractivity (Wildman–Crippen MR) is 176 cm³/mol. The highest BCUT2D eigenvalue weighted by molar-refractivity contribution is 7.91. The molecule has 0 spiro atoms. The first kappa shape index (κ1) is 32.9. The molecule has 15 heteroatoms. The smallest absolute Gasteiger partial charge is 0.231 e. The monoisotopic (exact) mass is 651 g/mol. The first-order valence-corrected chi connectivity index (χ1v) is 17.1. The Morgan fingerprint density at radius 3 is 1.40 bits per heavy atom. The second-order valence-electron chi connectivity index (χ2n) is 9.90. The summed E-state index contributed by atoms with van der Waals surface area (Å²) in [6, 6.07) is 19.6. The van der Waals surface area contributed by atoms with Crippen molar-refractivity contribution in [2.24, 2.45) is 10.2 Å². The number of sulfone groups is 2. The normalized spacial score (nSPS) is 12.4. The molecule has 0 saturated carbocycles. The molecule has 1 heterocycles. The van der Waals surface area contributed by atoms with Crippen LogP contribution in [0.5, 0.6) is 11.5 Å². The van der Waals surface area contributed by atoms with Crippen LogP contribution in [0.3, 0.4) is 0 Å². The molecule has 236 valence electrons. The van der Waals surface area contributed by atoms with Gasteiger partial charge in [-0.25, -0.2) is 16.8 Å². The second-order valence-corrected chi connectivity index (χ2v) is 13.9. The molecule has 0 radical (unpaired) electrons. The van der Waals surface area contributed by atoms with E-state index in [2.05, 4.69) is 36.3 Å². The van der Waals surface area contributed by atoms with Crippen molar-refractivity contribution >= 4 is 54.4 Å². The summed E-state index contributed by atoms with van der Waals surface area (Å²) in [6.07, 6.45) is 2.30. The summed E-state index contributed by atoms with van der Waals surface area (Å²) in [4.78, 5) is 9.47. The van der Waals surface area contributed by atoms with E-state index in [0.29, 0.717) is 51.4 Å². The van der Waals surface area contributed by atoms with Crippen molar-refractivity contribution in [2.45, 2.75) is 23.6 Å². The summed E-state index contributed by atoms with van der Waals surface area (Å²) in [5, 5.41) is 12.0. The number of rotatable bonds is 12. The first-order valence-electron chi connectivity index (χ1n) is 13.4. The largest absolute Gasteiger partial charge is 0.497 e. The van der Waals surface area contributed by atoms with Gasteiger partial charge in [-0.15, -0.1) is 0 Å². The number of aromatic nitrogens is 2. The van der Waals surface area contributed by atoms with Gasteiger partial charge in [0.05, 0.1) is 35.4 Å². The first-order chi connectivity index (χ1) is 21.2. The minimum absolute atomic E-state index is 0.202. The van der Waals surface area contributed by atoms with Gasteiger partial charge in [0, 0.05) is 42.5 Å². The molecular weight excluding hydrogens is 619 g/mol. The lowest BCUT2D eigenvalue weighted by Crippen LogP contribution is -2.07. The van der Waals surface area contributed by atoms with Gasteiger partial charge in [-0.3, -0.25) is 10.9 Å². The van der Waals surface area contributed by atoms with Crippen molar-refractivity contribution in [3.63, 3.8) is 0 Å². The number of ether oxygens (including phenoxy) is 2. The van der Waals surface area contributed by atoms with Gasteiger partial charge in [0.15, 0.2) is 31.3 Å². The van der Waals surface area contributed by atoms with E-state index >= 15 is 0 Å². The lowest BCUT2D eigenvalue weighted by atomic mass is 10.1. The molecule has 3 aromatic carbocycles. The minimum Gasteiger partial charge on any atom is -0.497 e. The molecule has 4 aromatic rings. The molecule has 0 fully saturated rings. The van der Waals surface area contributed by atoms with Gasteiger partial charge >= 0.3 is 0 Å². The van der Waals surface area contributed by atoms with Crippen LogP contribution in [0.4, 0.5) is 23.3 Å². The highest BCUT2D eigenvalue weighted by Gasteiger charge is 2.11. The third-order valence-corrected chi connectivity index (χ3v) is 8.67. The van der Waals surface area contributed by atoms with E-state index in [0.717, 1.165) is 12.5 Å². The maximum Gasteiger partial charge on any atom is 0.231 e. The SMILES string of the molecule is COc1cc(Nc2nc(NN=C(C)c3ccc(S(C)(=O)=O)cc3)cc(NN=C(C)c3ccc(S(C)(=O)=O)cc3)n2)cc(OC)c1. The van der Waals surface area contributed by atoms with Gasteiger partial charge in [0.1, 0.15) is 11.5 Å². The van der Waals surface area contributed by atoms with Crippen molar-refractivity contribution in [1.29, 1.82) is 0 Å². The summed E-state index contributed by atoms with van der Waals surface area (Å²) >= 11 is 0. The summed E-state index contributed by atoms with van der Waals surface area (Å²) in [7, 11) is -3.54. The van der Waals surface area contributed by atoms with Gasteiger partial charge in [0.25, 0.3) is 0 Å². The molecule has 0 aliphatic rings. The number of hydrogen-bond acceptors (Lipinski definition) is 13. The van der Waals surface area contributed by atoms with Gasteiger partial charge in [0.2, 0.25) is 5.95 Å². The van der Waals surface area contributed by atoms with Crippen LogP contribution in [0.25, 0.3) is 0 Å². The average Bonchev–Trinajstić information content (AvgIpc) is 3.01. The Kier molecular flexibility index (Phi) is 10.0. The van der Waals surface area contributed by atoms with Crippen LogP contribution in [0.15, 0.2) is 92.8 Å². The van der Waals surface area contributed by atoms with Crippen LogP contribution < -0.4 is 25.6 Å². The molecule has 0 unspecified atom stereocenters. The van der Waals surface area contributed by atoms with Crippen molar-refractivity contribution in [1.82, 2.24) is 9.97 Å². The minimum atomic E-state index is -3.32. The highest BCUT2D eigenvalue weighted by atomic mass is 32.2. The fourth-order valence-corrected chi connectivity index (χ4v) is 5.19. The standard InChI is InChI=1S/C30H33N7O6S2/c1-19(21-7-11-26(12-8-21)44(5,38)39)34-36-28-18-29(37-35-20(2)22-9-13-27(14-10-22)45(6,40)41)33-30(32-28)31-23-15-24(42-3)17-25(16-23)43-4/h7-18H,1-6H3,(H3,31,32,33,36,37). The summed E-state index contributed by atoms with van der Waals surface area (Å²) in [5.41, 5.74) is 9.05. The van der Waals surface area contributed by atoms with Gasteiger partial charge in [-0.2, -0.15) is 20.2 Å². The Bertz CT molecular complexity index is 1830. The second kappa shape index (κ2) is 13.7. The molecule has 0 bridgehead atoms. The number of benzene rings is 3. The van der Waals surface area contributed by atoms with Crippen molar-refractivity contribution in [3.05, 3.63) is 83.9 Å². The zero-order valence-corrected chi connectivity index (χ0v) is 27.1. The van der Waals surface area contributed by atoms with Crippen LogP contribution in [-0.2, 0) is 19.7 Å². The Hall–Kier alpha value is -5.02. The highest BCUT2D eigenvalue weighted by Crippen LogP contribution is 2.28. The molecule has 0 aliphatic carbocycles. The molecule has 45 heavy (non-hydrogen) atoms. The summed E-state index contributed by atoms with van der Waals surface area (Å²) in [5.74, 6) is 1.97. The third-order valence-electron chi connectivity index (χ3n) is 6.41. The fourth-order valence-electron chi connectivity index (χ4n) is 3.92. The Morgan fingerprint density at radius 2 is 1.04 bits per heavy atom. The van der Waals surface area contributed by atoms with E-state index in [-0.39, 0.29) is 15.7 Å². The van der Waals surface area contributed by atoms with E-state index in [4.69, 9.17) is 9.47 Å². The summed E-state index contributed by atoms with van der Waals surface area (Å²) in [6.45, 7) is 3.54. The average molecular weight is 652 g/mol. The third kappa shape index (κ3) is 9.00. The van der Waals surface area contributed by atoms with Crippen molar-refractivity contribution < 1.29 is 26.3 Å². The Balaban J connectivity index is 1.64. The molecule has 3 N–H and O–H groups in total. The lowest BCUT2D eigenvalue weighted by Gasteiger charge is -2.12. The molecule has 0 aliphatic heterocycles. The molecule has 0 atom stereocenters. The zero-order valence-electron chi connectivity index (χ0n) is 25.5. The molecule has 4 rings (SSSR count). The Labute approximate surface area is 262 Å². The Morgan fingerprint density at radius 1 is 0.644 bits per heavy atom. The van der Waals surface area contributed by atoms with Crippen molar-refractivity contribution in [3.8, 4) is 11.5 Å². The fraction of sp³-hybridized carbons (Fsp3) is 0.200. The van der Waals surface area contributed by atoms with E-state index in [1.54, 1.807) is 76.6 Å². The molecular formula is C30H33N7O6S2. The van der Waals surface area contributed by atoms with Crippen LogP contribution in [0.1, 0.15) is 25.0 Å². The number of anilines is 4. The lowest BCUT2D eigenvalue weighted by molar-refractivity contribution is 0.395. The van der Waals surface area contributed by atoms with E-state index in [1.807, 2.05) is 0 Å². The van der Waals surface area contributed by atoms with Gasteiger partial charge in [-0.1, -0.05) is 24.3 Å². The number of nitrogens with one attached hydrogen (secondary N) is 3. The number of nitrogens with zero attached hydrogens (tertiary/aromatic N) is 4. The topological polar surface area (TPSA) is 173 Å². The maximum atomic E-state index is 11.8. The number of hydrogen-bond donors (Lipinski definition) is 3. The quantitative estimate of drug-likeness (QED) is 0.143. The van der Waals surface area contributed by atoms with Gasteiger partial charge in [-0.05, 0) is 49.2 Å². The van der Waals surface area contributed by atoms with E-state index in [1.165, 1.54) is 24.3 Å².